The van der Waals surface area contributed by atoms with Gasteiger partial charge in [-0.2, -0.15) is 0 Å². The zero-order valence-corrected chi connectivity index (χ0v) is 10.0. The standard InChI is InChI=1S/C12H20N2O3/c15-11(9-4-3-6-13-8-9)14-7-2-1-5-10(14)12(16)17/h9-10,13H,1-8H2,(H,16,17)/t9-,10+/m1/s1. The number of carboxylic acid groups (broad SMARTS) is 1. The van der Waals surface area contributed by atoms with Crippen LogP contribution in [0.15, 0.2) is 0 Å². The van der Waals surface area contributed by atoms with Gasteiger partial charge in [-0.25, -0.2) is 4.79 Å². The van der Waals surface area contributed by atoms with Crippen LogP contribution in [0, 0.1) is 5.92 Å². The molecule has 0 radical (unpaired) electrons. The van der Waals surface area contributed by atoms with Gasteiger partial charge in [-0.3, -0.25) is 4.79 Å². The second-order valence-corrected chi connectivity index (χ2v) is 4.92. The molecule has 0 unspecified atom stereocenters. The van der Waals surface area contributed by atoms with Crippen molar-refractivity contribution in [3.63, 3.8) is 0 Å². The molecule has 2 atom stereocenters. The molecule has 2 fully saturated rings. The smallest absolute Gasteiger partial charge is 0.326 e. The summed E-state index contributed by atoms with van der Waals surface area (Å²) in [6, 6.07) is -0.599. The van der Waals surface area contributed by atoms with Crippen LogP contribution in [-0.4, -0.2) is 47.6 Å². The Morgan fingerprint density at radius 1 is 1.18 bits per heavy atom. The Hall–Kier alpha value is -1.10. The first kappa shape index (κ1) is 12.4. The van der Waals surface area contributed by atoms with Crippen LogP contribution >= 0.6 is 0 Å². The van der Waals surface area contributed by atoms with E-state index in [2.05, 4.69) is 5.32 Å². The quantitative estimate of drug-likeness (QED) is 0.735. The van der Waals surface area contributed by atoms with Crippen LogP contribution in [0.3, 0.4) is 0 Å². The third-order valence-corrected chi connectivity index (χ3v) is 3.72. The SMILES string of the molecule is O=C(O)[C@@H]1CCCCN1C(=O)[C@@H]1CCCNC1. The Kier molecular flexibility index (Phi) is 3.99. The highest BCUT2D eigenvalue weighted by atomic mass is 16.4. The van der Waals surface area contributed by atoms with Crippen LogP contribution in [0.5, 0.6) is 0 Å². The highest BCUT2D eigenvalue weighted by molar-refractivity contribution is 5.85. The molecule has 2 N–H and O–H groups in total. The number of nitrogens with one attached hydrogen (secondary N) is 1. The summed E-state index contributed by atoms with van der Waals surface area (Å²) in [4.78, 5) is 25.0. The average molecular weight is 240 g/mol. The van der Waals surface area contributed by atoms with Crippen LogP contribution in [0.2, 0.25) is 0 Å². The molecule has 0 aromatic carbocycles. The van der Waals surface area contributed by atoms with Crippen molar-refractivity contribution in [3.8, 4) is 0 Å². The number of piperidine rings is 2. The van der Waals surface area contributed by atoms with Gasteiger partial charge < -0.3 is 15.3 Å². The number of nitrogens with zero attached hydrogens (tertiary/aromatic N) is 1. The molecule has 2 saturated heterocycles. The van der Waals surface area contributed by atoms with E-state index in [0.29, 0.717) is 19.5 Å². The largest absolute Gasteiger partial charge is 0.480 e. The van der Waals surface area contributed by atoms with Crippen LogP contribution in [-0.2, 0) is 9.59 Å². The fourth-order valence-electron chi connectivity index (χ4n) is 2.75. The van der Waals surface area contributed by atoms with Crippen molar-refractivity contribution in [2.75, 3.05) is 19.6 Å². The highest BCUT2D eigenvalue weighted by Crippen LogP contribution is 2.22. The highest BCUT2D eigenvalue weighted by Gasteiger charge is 2.35. The second-order valence-electron chi connectivity index (χ2n) is 4.92. The molecule has 2 rings (SSSR count). The number of carbonyl (C=O) groups is 2. The molecule has 0 aromatic heterocycles. The van der Waals surface area contributed by atoms with Crippen molar-refractivity contribution in [1.29, 1.82) is 0 Å². The maximum Gasteiger partial charge on any atom is 0.326 e. The van der Waals surface area contributed by atoms with Crippen molar-refractivity contribution < 1.29 is 14.7 Å². The van der Waals surface area contributed by atoms with Gasteiger partial charge in [-0.15, -0.1) is 0 Å². The van der Waals surface area contributed by atoms with Crippen LogP contribution in [0.25, 0.3) is 0 Å². The van der Waals surface area contributed by atoms with Gasteiger partial charge in [0.1, 0.15) is 6.04 Å². The molecule has 96 valence electrons. The van der Waals surface area contributed by atoms with Gasteiger partial charge in [0.25, 0.3) is 0 Å². The normalized spacial score (nSPS) is 30.0. The van der Waals surface area contributed by atoms with Gasteiger partial charge >= 0.3 is 5.97 Å². The van der Waals surface area contributed by atoms with Gasteiger partial charge in [0.2, 0.25) is 5.91 Å². The zero-order valence-electron chi connectivity index (χ0n) is 10.0. The summed E-state index contributed by atoms with van der Waals surface area (Å²) in [5.74, 6) is -0.852. The number of likely N-dealkylation sites (tertiary alicyclic amines) is 1. The van der Waals surface area contributed by atoms with Gasteiger partial charge in [0.15, 0.2) is 0 Å². The first-order valence-electron chi connectivity index (χ1n) is 6.44. The Balaban J connectivity index is 2.02. The fraction of sp³-hybridized carbons (Fsp3) is 0.833. The van der Waals surface area contributed by atoms with Gasteiger partial charge in [0.05, 0.1) is 5.92 Å². The summed E-state index contributed by atoms with van der Waals surface area (Å²) in [5, 5.41) is 12.4. The number of aliphatic carboxylic acids is 1. The van der Waals surface area contributed by atoms with E-state index in [1.165, 1.54) is 0 Å². The van der Waals surface area contributed by atoms with E-state index in [9.17, 15) is 9.59 Å². The molecule has 0 spiro atoms. The molecule has 5 nitrogen and oxygen atoms in total. The van der Waals surface area contributed by atoms with E-state index in [1.54, 1.807) is 4.90 Å². The van der Waals surface area contributed by atoms with Crippen molar-refractivity contribution >= 4 is 11.9 Å². The van der Waals surface area contributed by atoms with Crippen LogP contribution < -0.4 is 5.32 Å². The molecule has 0 bridgehead atoms. The third kappa shape index (κ3) is 2.77. The van der Waals surface area contributed by atoms with Crippen molar-refractivity contribution in [1.82, 2.24) is 10.2 Å². The monoisotopic (exact) mass is 240 g/mol. The van der Waals surface area contributed by atoms with Crippen LogP contribution in [0.1, 0.15) is 32.1 Å². The topological polar surface area (TPSA) is 69.6 Å². The molecule has 0 saturated carbocycles. The van der Waals surface area contributed by atoms with Crippen molar-refractivity contribution in [2.45, 2.75) is 38.1 Å². The Labute approximate surface area is 101 Å². The maximum absolute atomic E-state index is 12.3. The van der Waals surface area contributed by atoms with E-state index in [0.717, 1.165) is 32.2 Å². The average Bonchev–Trinajstić information content (AvgIpc) is 2.39. The van der Waals surface area contributed by atoms with E-state index >= 15 is 0 Å². The molecular formula is C12H20N2O3. The summed E-state index contributed by atoms with van der Waals surface area (Å²) in [7, 11) is 0. The van der Waals surface area contributed by atoms with E-state index in [4.69, 9.17) is 5.11 Å². The number of carbonyl (C=O) groups excluding carboxylic acids is 1. The zero-order chi connectivity index (χ0) is 12.3. The Morgan fingerprint density at radius 3 is 2.65 bits per heavy atom. The number of carboxylic acids is 1. The van der Waals surface area contributed by atoms with E-state index in [-0.39, 0.29) is 11.8 Å². The number of amides is 1. The molecular weight excluding hydrogens is 220 g/mol. The number of rotatable bonds is 2. The molecule has 5 heteroatoms. The maximum atomic E-state index is 12.3. The number of hydrogen-bond acceptors (Lipinski definition) is 3. The summed E-state index contributed by atoms with van der Waals surface area (Å²) in [6.07, 6.45) is 4.32. The molecule has 2 aliphatic heterocycles. The lowest BCUT2D eigenvalue weighted by Gasteiger charge is -2.36. The van der Waals surface area contributed by atoms with Crippen molar-refractivity contribution in [2.24, 2.45) is 5.92 Å². The molecule has 0 aromatic rings. The number of hydrogen-bond donors (Lipinski definition) is 2. The summed E-state index contributed by atoms with van der Waals surface area (Å²) in [5.41, 5.74) is 0. The molecule has 2 heterocycles. The first-order valence-corrected chi connectivity index (χ1v) is 6.44. The molecule has 1 amide bonds. The van der Waals surface area contributed by atoms with Gasteiger partial charge in [0, 0.05) is 13.1 Å². The fourth-order valence-corrected chi connectivity index (χ4v) is 2.75. The molecule has 0 aliphatic carbocycles. The van der Waals surface area contributed by atoms with Crippen molar-refractivity contribution in [3.05, 3.63) is 0 Å². The minimum Gasteiger partial charge on any atom is -0.480 e. The lowest BCUT2D eigenvalue weighted by Crippen LogP contribution is -2.52. The van der Waals surface area contributed by atoms with Gasteiger partial charge in [-0.1, -0.05) is 0 Å². The Morgan fingerprint density at radius 2 is 2.00 bits per heavy atom. The summed E-state index contributed by atoms with van der Waals surface area (Å²) >= 11 is 0. The molecule has 2 aliphatic rings. The van der Waals surface area contributed by atoms with E-state index < -0.39 is 12.0 Å². The summed E-state index contributed by atoms with van der Waals surface area (Å²) in [6.45, 7) is 2.26. The minimum absolute atomic E-state index is 0.0244. The first-order chi connectivity index (χ1) is 8.20. The van der Waals surface area contributed by atoms with Gasteiger partial charge in [-0.05, 0) is 38.6 Å². The Bertz CT molecular complexity index is 300. The van der Waals surface area contributed by atoms with Crippen LogP contribution in [0.4, 0.5) is 0 Å². The predicted octanol–water partition coefficient (Wildman–Crippen LogP) is 0.452. The minimum atomic E-state index is -0.859. The summed E-state index contributed by atoms with van der Waals surface area (Å²) < 4.78 is 0. The lowest BCUT2D eigenvalue weighted by atomic mass is 9.94. The predicted molar refractivity (Wildman–Crippen MR) is 62.6 cm³/mol. The third-order valence-electron chi connectivity index (χ3n) is 3.72. The van der Waals surface area contributed by atoms with E-state index in [1.807, 2.05) is 0 Å². The lowest BCUT2D eigenvalue weighted by molar-refractivity contribution is -0.154. The molecule has 17 heavy (non-hydrogen) atoms. The second kappa shape index (κ2) is 5.49.